The fourth-order valence-electron chi connectivity index (χ4n) is 3.32. The van der Waals surface area contributed by atoms with Gasteiger partial charge in [0.15, 0.2) is 5.82 Å². The lowest BCUT2D eigenvalue weighted by Crippen LogP contribution is -2.23. The zero-order valence-electron chi connectivity index (χ0n) is 12.8. The number of benzene rings is 2. The summed E-state index contributed by atoms with van der Waals surface area (Å²) in [5.41, 5.74) is 5.51. The normalized spacial score (nSPS) is 16.7. The van der Waals surface area contributed by atoms with Crippen LogP contribution in [-0.4, -0.2) is 16.1 Å². The summed E-state index contributed by atoms with van der Waals surface area (Å²) < 4.78 is 0. The van der Waals surface area contributed by atoms with E-state index in [4.69, 9.17) is 0 Å². The zero-order chi connectivity index (χ0) is 15.8. The zero-order valence-corrected chi connectivity index (χ0v) is 12.8. The molecule has 0 saturated carbocycles. The Labute approximate surface area is 134 Å². The number of fused-ring (bicyclic) bond motifs is 1. The molecule has 3 aromatic rings. The van der Waals surface area contributed by atoms with Crippen LogP contribution in [0.1, 0.15) is 29.0 Å². The Bertz CT molecular complexity index is 867. The number of carbonyl (C=O) groups excluding carboxylic acids is 1. The Morgan fingerprint density at radius 1 is 1.04 bits per heavy atom. The van der Waals surface area contributed by atoms with E-state index in [2.05, 4.69) is 46.7 Å². The highest BCUT2D eigenvalue weighted by molar-refractivity contribution is 5.96. The van der Waals surface area contributed by atoms with Gasteiger partial charge in [0.25, 0.3) is 0 Å². The van der Waals surface area contributed by atoms with Crippen molar-refractivity contribution < 1.29 is 4.79 Å². The highest BCUT2D eigenvalue weighted by Gasteiger charge is 2.32. The van der Waals surface area contributed by atoms with Gasteiger partial charge >= 0.3 is 0 Å². The SMILES string of the molecule is Cc1ccccc1C1CC(=O)Nc2n[nH]c(-c3ccccc3)c21. The first kappa shape index (κ1) is 13.8. The lowest BCUT2D eigenvalue weighted by Gasteiger charge is -2.24. The van der Waals surface area contributed by atoms with Crippen LogP contribution >= 0.6 is 0 Å². The molecular formula is C19H17N3O. The molecule has 114 valence electrons. The average Bonchev–Trinajstić information content (AvgIpc) is 2.99. The number of aromatic nitrogens is 2. The number of H-pyrrole nitrogens is 1. The molecule has 2 N–H and O–H groups in total. The van der Waals surface area contributed by atoms with Gasteiger partial charge in [0, 0.05) is 17.9 Å². The molecule has 2 aromatic carbocycles. The number of nitrogens with one attached hydrogen (secondary N) is 2. The first-order chi connectivity index (χ1) is 11.2. The number of aromatic amines is 1. The molecule has 0 bridgehead atoms. The summed E-state index contributed by atoms with van der Waals surface area (Å²) in [5, 5.41) is 10.3. The molecule has 0 aliphatic carbocycles. The van der Waals surface area contributed by atoms with Gasteiger partial charge in [-0.2, -0.15) is 5.10 Å². The van der Waals surface area contributed by atoms with Crippen LogP contribution in [0.4, 0.5) is 5.82 Å². The lowest BCUT2D eigenvalue weighted by molar-refractivity contribution is -0.116. The fraction of sp³-hybridized carbons (Fsp3) is 0.158. The third kappa shape index (κ3) is 2.32. The molecule has 4 rings (SSSR count). The molecule has 1 atom stereocenters. The number of anilines is 1. The van der Waals surface area contributed by atoms with Gasteiger partial charge < -0.3 is 5.32 Å². The first-order valence-electron chi connectivity index (χ1n) is 7.73. The van der Waals surface area contributed by atoms with E-state index in [-0.39, 0.29) is 11.8 Å². The molecule has 0 saturated heterocycles. The number of hydrogen-bond donors (Lipinski definition) is 2. The predicted molar refractivity (Wildman–Crippen MR) is 90.3 cm³/mol. The Kier molecular flexibility index (Phi) is 3.23. The van der Waals surface area contributed by atoms with Gasteiger partial charge in [-0.1, -0.05) is 54.6 Å². The Hall–Kier alpha value is -2.88. The molecule has 1 aliphatic heterocycles. The summed E-state index contributed by atoms with van der Waals surface area (Å²) in [6.07, 6.45) is 0.442. The second kappa shape index (κ2) is 5.39. The van der Waals surface area contributed by atoms with Crippen molar-refractivity contribution in [1.82, 2.24) is 10.2 Å². The van der Waals surface area contributed by atoms with Gasteiger partial charge in [-0.3, -0.25) is 9.89 Å². The van der Waals surface area contributed by atoms with E-state index in [1.165, 1.54) is 11.1 Å². The van der Waals surface area contributed by atoms with Crippen LogP contribution in [0.15, 0.2) is 54.6 Å². The highest BCUT2D eigenvalue weighted by atomic mass is 16.1. The number of rotatable bonds is 2. The van der Waals surface area contributed by atoms with Crippen molar-refractivity contribution in [3.63, 3.8) is 0 Å². The van der Waals surface area contributed by atoms with Crippen LogP contribution in [0, 0.1) is 6.92 Å². The van der Waals surface area contributed by atoms with E-state index in [0.717, 1.165) is 16.8 Å². The van der Waals surface area contributed by atoms with Crippen molar-refractivity contribution in [2.45, 2.75) is 19.3 Å². The quantitative estimate of drug-likeness (QED) is 0.755. The van der Waals surface area contributed by atoms with Crippen LogP contribution in [0.3, 0.4) is 0 Å². The van der Waals surface area contributed by atoms with Gasteiger partial charge in [-0.25, -0.2) is 0 Å². The van der Waals surface area contributed by atoms with Crippen molar-refractivity contribution in [2.24, 2.45) is 0 Å². The van der Waals surface area contributed by atoms with E-state index in [9.17, 15) is 4.79 Å². The molecule has 4 heteroatoms. The maximum atomic E-state index is 12.1. The van der Waals surface area contributed by atoms with Gasteiger partial charge in [0.1, 0.15) is 0 Å². The largest absolute Gasteiger partial charge is 0.309 e. The molecule has 1 unspecified atom stereocenters. The van der Waals surface area contributed by atoms with E-state index in [1.54, 1.807) is 0 Å². The summed E-state index contributed by atoms with van der Waals surface area (Å²) >= 11 is 0. The van der Waals surface area contributed by atoms with Gasteiger partial charge in [-0.15, -0.1) is 0 Å². The number of nitrogens with zero attached hydrogens (tertiary/aromatic N) is 1. The van der Waals surface area contributed by atoms with Crippen LogP contribution in [0.5, 0.6) is 0 Å². The predicted octanol–water partition coefficient (Wildman–Crippen LogP) is 3.86. The summed E-state index contributed by atoms with van der Waals surface area (Å²) in [7, 11) is 0. The number of hydrogen-bond acceptors (Lipinski definition) is 2. The maximum absolute atomic E-state index is 12.1. The van der Waals surface area contributed by atoms with Crippen molar-refractivity contribution in [3.8, 4) is 11.3 Å². The summed E-state index contributed by atoms with van der Waals surface area (Å²) in [5.74, 6) is 0.680. The third-order valence-corrected chi connectivity index (χ3v) is 4.43. The third-order valence-electron chi connectivity index (χ3n) is 4.43. The molecule has 1 aromatic heterocycles. The highest BCUT2D eigenvalue weighted by Crippen LogP contribution is 2.42. The minimum atomic E-state index is 0.0110. The average molecular weight is 303 g/mol. The van der Waals surface area contributed by atoms with E-state index < -0.39 is 0 Å². The molecule has 1 aliphatic rings. The van der Waals surface area contributed by atoms with Crippen molar-refractivity contribution in [1.29, 1.82) is 0 Å². The summed E-state index contributed by atoms with van der Waals surface area (Å²) in [4.78, 5) is 12.1. The van der Waals surface area contributed by atoms with Gasteiger partial charge in [-0.05, 0) is 23.6 Å². The summed E-state index contributed by atoms with van der Waals surface area (Å²) in [6.45, 7) is 2.09. The van der Waals surface area contributed by atoms with E-state index >= 15 is 0 Å². The van der Waals surface area contributed by atoms with Crippen LogP contribution in [0.25, 0.3) is 11.3 Å². The van der Waals surface area contributed by atoms with Crippen LogP contribution < -0.4 is 5.32 Å². The standard InChI is InChI=1S/C19H17N3O/c1-12-7-5-6-10-14(12)15-11-16(23)20-19-17(15)18(21-22-19)13-8-3-2-4-9-13/h2-10,15H,11H2,1H3,(H2,20,21,22,23). The topological polar surface area (TPSA) is 57.8 Å². The Balaban J connectivity index is 1.91. The Morgan fingerprint density at radius 3 is 2.57 bits per heavy atom. The molecular weight excluding hydrogens is 286 g/mol. The first-order valence-corrected chi connectivity index (χ1v) is 7.73. The van der Waals surface area contributed by atoms with Gasteiger partial charge in [0.05, 0.1) is 5.69 Å². The van der Waals surface area contributed by atoms with E-state index in [1.807, 2.05) is 30.3 Å². The number of amides is 1. The van der Waals surface area contributed by atoms with Crippen molar-refractivity contribution in [3.05, 3.63) is 71.3 Å². The number of aryl methyl sites for hydroxylation is 1. The van der Waals surface area contributed by atoms with Crippen LogP contribution in [0.2, 0.25) is 0 Å². The Morgan fingerprint density at radius 2 is 1.78 bits per heavy atom. The molecule has 1 amide bonds. The molecule has 0 radical (unpaired) electrons. The second-order valence-electron chi connectivity index (χ2n) is 5.89. The van der Waals surface area contributed by atoms with E-state index in [0.29, 0.717) is 12.2 Å². The van der Waals surface area contributed by atoms with Crippen LogP contribution in [-0.2, 0) is 4.79 Å². The van der Waals surface area contributed by atoms with Crippen molar-refractivity contribution in [2.75, 3.05) is 5.32 Å². The lowest BCUT2D eigenvalue weighted by atomic mass is 9.82. The second-order valence-corrected chi connectivity index (χ2v) is 5.89. The molecule has 0 fully saturated rings. The molecule has 4 nitrogen and oxygen atoms in total. The smallest absolute Gasteiger partial charge is 0.226 e. The van der Waals surface area contributed by atoms with Crippen molar-refractivity contribution >= 4 is 11.7 Å². The fourth-order valence-corrected chi connectivity index (χ4v) is 3.32. The molecule has 0 spiro atoms. The monoisotopic (exact) mass is 303 g/mol. The minimum absolute atomic E-state index is 0.0110. The maximum Gasteiger partial charge on any atom is 0.226 e. The minimum Gasteiger partial charge on any atom is -0.309 e. The summed E-state index contributed by atoms with van der Waals surface area (Å²) in [6, 6.07) is 18.4. The molecule has 2 heterocycles. The molecule has 23 heavy (non-hydrogen) atoms. The number of carbonyl (C=O) groups is 1. The van der Waals surface area contributed by atoms with Gasteiger partial charge in [0.2, 0.25) is 5.91 Å².